The third kappa shape index (κ3) is 2.88. The van der Waals surface area contributed by atoms with Crippen molar-refractivity contribution >= 4 is 15.7 Å². The van der Waals surface area contributed by atoms with E-state index >= 15 is 0 Å². The summed E-state index contributed by atoms with van der Waals surface area (Å²) in [5.41, 5.74) is 0.393. The Labute approximate surface area is 105 Å². The first-order valence-electron chi connectivity index (χ1n) is 5.28. The van der Waals surface area contributed by atoms with E-state index in [0.29, 0.717) is 18.0 Å². The Balaban J connectivity index is 2.20. The summed E-state index contributed by atoms with van der Waals surface area (Å²) in [4.78, 5) is 3.83. The standard InChI is InChI=1S/C11H13N3O3S/c1-12-8-10-4-5-11(17-10)18(15,16)14-9-3-2-6-13-7-9/h2-7,12,14H,8H2,1H3. The Kier molecular flexibility index (Phi) is 3.63. The second-order valence-corrected chi connectivity index (χ2v) is 5.21. The van der Waals surface area contributed by atoms with E-state index in [-0.39, 0.29) is 5.09 Å². The molecule has 0 aliphatic carbocycles. The van der Waals surface area contributed by atoms with E-state index in [1.807, 2.05) is 0 Å². The predicted molar refractivity (Wildman–Crippen MR) is 66.5 cm³/mol. The Morgan fingerprint density at radius 1 is 1.33 bits per heavy atom. The Hall–Kier alpha value is -1.86. The van der Waals surface area contributed by atoms with E-state index < -0.39 is 10.0 Å². The lowest BCUT2D eigenvalue weighted by molar-refractivity contribution is 0.408. The van der Waals surface area contributed by atoms with Crippen LogP contribution in [0.25, 0.3) is 0 Å². The summed E-state index contributed by atoms with van der Waals surface area (Å²) in [6.07, 6.45) is 2.99. The maximum atomic E-state index is 12.0. The van der Waals surface area contributed by atoms with Crippen molar-refractivity contribution in [3.05, 3.63) is 42.4 Å². The van der Waals surface area contributed by atoms with Crippen LogP contribution in [0.1, 0.15) is 5.76 Å². The van der Waals surface area contributed by atoms with Crippen LogP contribution in [0, 0.1) is 0 Å². The summed E-state index contributed by atoms with van der Waals surface area (Å²) in [6.45, 7) is 0.475. The highest BCUT2D eigenvalue weighted by molar-refractivity contribution is 7.92. The van der Waals surface area contributed by atoms with E-state index in [4.69, 9.17) is 4.42 Å². The van der Waals surface area contributed by atoms with Gasteiger partial charge in [0.2, 0.25) is 5.09 Å². The monoisotopic (exact) mass is 267 g/mol. The number of nitrogens with one attached hydrogen (secondary N) is 2. The molecule has 96 valence electrons. The quantitative estimate of drug-likeness (QED) is 0.850. The Morgan fingerprint density at radius 2 is 2.17 bits per heavy atom. The molecule has 0 atom stereocenters. The number of anilines is 1. The first-order chi connectivity index (χ1) is 8.62. The van der Waals surface area contributed by atoms with Crippen molar-refractivity contribution in [2.24, 2.45) is 0 Å². The van der Waals surface area contributed by atoms with Crippen molar-refractivity contribution in [3.8, 4) is 0 Å². The van der Waals surface area contributed by atoms with E-state index in [1.165, 1.54) is 12.3 Å². The van der Waals surface area contributed by atoms with Crippen molar-refractivity contribution in [2.45, 2.75) is 11.6 Å². The Morgan fingerprint density at radius 3 is 2.83 bits per heavy atom. The van der Waals surface area contributed by atoms with Crippen LogP contribution in [0.3, 0.4) is 0 Å². The molecule has 0 aromatic carbocycles. The van der Waals surface area contributed by atoms with Crippen molar-refractivity contribution in [1.29, 1.82) is 0 Å². The van der Waals surface area contributed by atoms with Gasteiger partial charge in [-0.25, -0.2) is 0 Å². The van der Waals surface area contributed by atoms with Gasteiger partial charge in [-0.2, -0.15) is 8.42 Å². The number of aromatic nitrogens is 1. The Bertz CT molecular complexity index is 607. The zero-order valence-corrected chi connectivity index (χ0v) is 10.6. The fraction of sp³-hybridized carbons (Fsp3) is 0.182. The molecule has 7 heteroatoms. The fourth-order valence-electron chi connectivity index (χ4n) is 1.40. The van der Waals surface area contributed by atoms with Gasteiger partial charge < -0.3 is 9.73 Å². The van der Waals surface area contributed by atoms with Crippen LogP contribution in [0.15, 0.2) is 46.2 Å². The van der Waals surface area contributed by atoms with Gasteiger partial charge in [-0.1, -0.05) is 0 Å². The molecule has 0 fully saturated rings. The van der Waals surface area contributed by atoms with Crippen molar-refractivity contribution < 1.29 is 12.8 Å². The van der Waals surface area contributed by atoms with Gasteiger partial charge in [0.25, 0.3) is 10.0 Å². The number of sulfonamides is 1. The SMILES string of the molecule is CNCc1ccc(S(=O)(=O)Nc2cccnc2)o1. The third-order valence-corrected chi connectivity index (χ3v) is 3.42. The van der Waals surface area contributed by atoms with Crippen LogP contribution >= 0.6 is 0 Å². The zero-order valence-electron chi connectivity index (χ0n) is 9.75. The summed E-state index contributed by atoms with van der Waals surface area (Å²) < 4.78 is 31.5. The van der Waals surface area contributed by atoms with Gasteiger partial charge in [0.15, 0.2) is 0 Å². The molecular weight excluding hydrogens is 254 g/mol. The van der Waals surface area contributed by atoms with Gasteiger partial charge in [0.1, 0.15) is 5.76 Å². The number of hydrogen-bond donors (Lipinski definition) is 2. The predicted octanol–water partition coefficient (Wildman–Crippen LogP) is 1.19. The van der Waals surface area contributed by atoms with E-state index in [9.17, 15) is 8.42 Å². The highest BCUT2D eigenvalue weighted by atomic mass is 32.2. The van der Waals surface area contributed by atoms with Crippen LogP contribution in [0.2, 0.25) is 0 Å². The summed E-state index contributed by atoms with van der Waals surface area (Å²) in [5.74, 6) is 0.559. The molecule has 6 nitrogen and oxygen atoms in total. The topological polar surface area (TPSA) is 84.2 Å². The fourth-order valence-corrected chi connectivity index (χ4v) is 2.40. The number of nitrogens with zero attached hydrogens (tertiary/aromatic N) is 1. The van der Waals surface area contributed by atoms with Gasteiger partial charge in [-0.05, 0) is 31.3 Å². The van der Waals surface area contributed by atoms with Gasteiger partial charge in [0.05, 0.1) is 18.4 Å². The number of furan rings is 1. The van der Waals surface area contributed by atoms with Gasteiger partial charge in [-0.15, -0.1) is 0 Å². The molecule has 0 aliphatic rings. The maximum absolute atomic E-state index is 12.0. The minimum Gasteiger partial charge on any atom is -0.446 e. The average Bonchev–Trinajstić information content (AvgIpc) is 2.80. The largest absolute Gasteiger partial charge is 0.446 e. The first-order valence-corrected chi connectivity index (χ1v) is 6.76. The molecular formula is C11H13N3O3S. The summed E-state index contributed by atoms with van der Waals surface area (Å²) in [7, 11) is -1.94. The second kappa shape index (κ2) is 5.19. The molecule has 0 saturated heterocycles. The molecule has 2 heterocycles. The molecule has 2 N–H and O–H groups in total. The smallest absolute Gasteiger partial charge is 0.295 e. The van der Waals surface area contributed by atoms with Crippen molar-refractivity contribution in [3.63, 3.8) is 0 Å². The van der Waals surface area contributed by atoms with Gasteiger partial charge in [-0.3, -0.25) is 9.71 Å². The molecule has 0 radical (unpaired) electrons. The molecule has 2 rings (SSSR count). The van der Waals surface area contributed by atoms with Crippen LogP contribution < -0.4 is 10.0 Å². The number of hydrogen-bond acceptors (Lipinski definition) is 5. The van der Waals surface area contributed by atoms with Gasteiger partial charge >= 0.3 is 0 Å². The lowest BCUT2D eigenvalue weighted by Gasteiger charge is -2.04. The molecule has 2 aromatic rings. The molecule has 18 heavy (non-hydrogen) atoms. The highest BCUT2D eigenvalue weighted by Crippen LogP contribution is 2.17. The molecule has 0 saturated carbocycles. The van der Waals surface area contributed by atoms with E-state index in [1.54, 1.807) is 31.4 Å². The highest BCUT2D eigenvalue weighted by Gasteiger charge is 2.18. The van der Waals surface area contributed by atoms with Crippen molar-refractivity contribution in [2.75, 3.05) is 11.8 Å². The van der Waals surface area contributed by atoms with Crippen LogP contribution in [0.4, 0.5) is 5.69 Å². The van der Waals surface area contributed by atoms with Crippen LogP contribution in [0.5, 0.6) is 0 Å². The summed E-state index contributed by atoms with van der Waals surface area (Å²) >= 11 is 0. The lowest BCUT2D eigenvalue weighted by atomic mass is 10.4. The number of rotatable bonds is 5. The van der Waals surface area contributed by atoms with Crippen LogP contribution in [-0.4, -0.2) is 20.4 Å². The molecule has 0 spiro atoms. The first kappa shape index (κ1) is 12.6. The second-order valence-electron chi connectivity index (χ2n) is 3.60. The molecule has 0 unspecified atom stereocenters. The van der Waals surface area contributed by atoms with E-state index in [2.05, 4.69) is 15.0 Å². The van der Waals surface area contributed by atoms with Gasteiger partial charge in [0, 0.05) is 6.20 Å². The molecule has 2 aromatic heterocycles. The molecule has 0 bridgehead atoms. The third-order valence-electron chi connectivity index (χ3n) is 2.17. The lowest BCUT2D eigenvalue weighted by Crippen LogP contribution is -2.12. The molecule has 0 aliphatic heterocycles. The number of pyridine rings is 1. The normalized spacial score (nSPS) is 11.4. The summed E-state index contributed by atoms with van der Waals surface area (Å²) in [6, 6.07) is 6.30. The molecule has 0 amide bonds. The zero-order chi connectivity index (χ0) is 13.0. The minimum absolute atomic E-state index is 0.114. The average molecular weight is 267 g/mol. The van der Waals surface area contributed by atoms with Crippen LogP contribution in [-0.2, 0) is 16.6 Å². The van der Waals surface area contributed by atoms with Crippen molar-refractivity contribution in [1.82, 2.24) is 10.3 Å². The summed E-state index contributed by atoms with van der Waals surface area (Å²) in [5, 5.41) is 2.77. The van der Waals surface area contributed by atoms with E-state index in [0.717, 1.165) is 0 Å². The minimum atomic E-state index is -3.70. The maximum Gasteiger partial charge on any atom is 0.295 e.